The van der Waals surface area contributed by atoms with Gasteiger partial charge in [-0.05, 0) is 38.0 Å². The van der Waals surface area contributed by atoms with Crippen LogP contribution in [0.4, 0.5) is 0 Å². The molecule has 1 aromatic carbocycles. The summed E-state index contributed by atoms with van der Waals surface area (Å²) in [5.74, 6) is 0.356. The lowest BCUT2D eigenvalue weighted by atomic mass is 10.2. The van der Waals surface area contributed by atoms with Gasteiger partial charge in [0.05, 0.1) is 17.6 Å². The van der Waals surface area contributed by atoms with Crippen LogP contribution in [0.5, 0.6) is 5.75 Å². The average molecular weight is 356 g/mol. The van der Waals surface area contributed by atoms with Gasteiger partial charge in [0, 0.05) is 11.1 Å². The molecule has 2 heterocycles. The number of hydrogen-bond acceptors (Lipinski definition) is 5. The number of nitrogens with one attached hydrogen (secondary N) is 1. The number of fused-ring (bicyclic) bond motifs is 1. The number of rotatable bonds is 6. The van der Waals surface area contributed by atoms with Crippen LogP contribution in [0.2, 0.25) is 0 Å². The first-order valence-electron chi connectivity index (χ1n) is 8.05. The number of benzene rings is 1. The van der Waals surface area contributed by atoms with Gasteiger partial charge in [0.15, 0.2) is 11.6 Å². The molecule has 2 aromatic heterocycles. The summed E-state index contributed by atoms with van der Waals surface area (Å²) in [6, 6.07) is 7.70. The van der Waals surface area contributed by atoms with Crippen molar-refractivity contribution in [1.82, 2.24) is 14.8 Å². The Morgan fingerprint density at radius 3 is 2.84 bits per heavy atom. The Morgan fingerprint density at radius 1 is 1.36 bits per heavy atom. The number of hydrazone groups is 1. The summed E-state index contributed by atoms with van der Waals surface area (Å²) in [6.45, 7) is 5.94. The molecule has 0 radical (unpaired) electrons. The fourth-order valence-corrected chi connectivity index (χ4v) is 3.36. The number of carbonyl (C=O) groups excluding carboxylic acids is 1. The van der Waals surface area contributed by atoms with Crippen LogP contribution in [0.15, 0.2) is 34.7 Å². The Hall–Kier alpha value is -2.67. The highest BCUT2D eigenvalue weighted by Gasteiger charge is 2.10. The molecule has 130 valence electrons. The van der Waals surface area contributed by atoms with Gasteiger partial charge in [-0.1, -0.05) is 19.1 Å². The third kappa shape index (κ3) is 3.88. The van der Waals surface area contributed by atoms with Crippen molar-refractivity contribution in [3.63, 3.8) is 0 Å². The van der Waals surface area contributed by atoms with Gasteiger partial charge in [-0.2, -0.15) is 5.10 Å². The van der Waals surface area contributed by atoms with Gasteiger partial charge in [-0.3, -0.25) is 9.20 Å². The molecule has 0 fully saturated rings. The second-order valence-electron chi connectivity index (χ2n) is 5.66. The van der Waals surface area contributed by atoms with Gasteiger partial charge in [-0.15, -0.1) is 11.3 Å². The molecule has 0 atom stereocenters. The highest BCUT2D eigenvalue weighted by molar-refractivity contribution is 7.15. The first-order chi connectivity index (χ1) is 12.1. The maximum absolute atomic E-state index is 11.9. The third-order valence-electron chi connectivity index (χ3n) is 3.83. The van der Waals surface area contributed by atoms with E-state index in [1.165, 1.54) is 5.56 Å². The van der Waals surface area contributed by atoms with Crippen molar-refractivity contribution in [1.29, 1.82) is 0 Å². The molecule has 1 amide bonds. The van der Waals surface area contributed by atoms with E-state index in [0.717, 1.165) is 28.5 Å². The van der Waals surface area contributed by atoms with E-state index in [-0.39, 0.29) is 12.5 Å². The first kappa shape index (κ1) is 17.2. The van der Waals surface area contributed by atoms with Crippen molar-refractivity contribution in [3.05, 3.63) is 52.3 Å². The maximum atomic E-state index is 11.9. The maximum Gasteiger partial charge on any atom is 0.277 e. The van der Waals surface area contributed by atoms with E-state index in [1.807, 2.05) is 47.9 Å². The molecule has 0 spiro atoms. The van der Waals surface area contributed by atoms with Gasteiger partial charge in [0.2, 0.25) is 0 Å². The molecular weight excluding hydrogens is 336 g/mol. The Kier molecular flexibility index (Phi) is 5.14. The molecule has 0 aliphatic carbocycles. The molecule has 0 aliphatic heterocycles. The third-order valence-corrected chi connectivity index (χ3v) is 4.78. The van der Waals surface area contributed by atoms with Crippen molar-refractivity contribution in [3.8, 4) is 5.75 Å². The summed E-state index contributed by atoms with van der Waals surface area (Å²) in [4.78, 5) is 17.3. The summed E-state index contributed by atoms with van der Waals surface area (Å²) in [7, 11) is 0. The molecule has 0 aliphatic rings. The lowest BCUT2D eigenvalue weighted by Gasteiger charge is -2.05. The van der Waals surface area contributed by atoms with Gasteiger partial charge >= 0.3 is 0 Å². The summed E-state index contributed by atoms with van der Waals surface area (Å²) in [5.41, 5.74) is 6.55. The topological polar surface area (TPSA) is 68.0 Å². The molecule has 3 aromatic rings. The van der Waals surface area contributed by atoms with Crippen LogP contribution in [0.3, 0.4) is 0 Å². The molecule has 7 heteroatoms. The summed E-state index contributed by atoms with van der Waals surface area (Å²) in [5, 5.41) is 6.06. The smallest absolute Gasteiger partial charge is 0.277 e. The van der Waals surface area contributed by atoms with Crippen LogP contribution in [-0.2, 0) is 11.2 Å². The van der Waals surface area contributed by atoms with Crippen molar-refractivity contribution in [2.45, 2.75) is 27.2 Å². The molecule has 0 unspecified atom stereocenters. The van der Waals surface area contributed by atoms with Crippen molar-refractivity contribution in [2.75, 3.05) is 6.61 Å². The van der Waals surface area contributed by atoms with E-state index in [0.29, 0.717) is 5.75 Å². The van der Waals surface area contributed by atoms with Crippen molar-refractivity contribution in [2.24, 2.45) is 5.10 Å². The van der Waals surface area contributed by atoms with Crippen LogP contribution >= 0.6 is 11.3 Å². The molecule has 0 saturated carbocycles. The Balaban J connectivity index is 1.56. The number of imidazole rings is 1. The lowest BCUT2D eigenvalue weighted by Crippen LogP contribution is -2.24. The predicted molar refractivity (Wildman–Crippen MR) is 99.6 cm³/mol. The summed E-state index contributed by atoms with van der Waals surface area (Å²) < 4.78 is 7.47. The number of carbonyl (C=O) groups is 1. The number of hydrogen-bond donors (Lipinski definition) is 1. The summed E-state index contributed by atoms with van der Waals surface area (Å²) >= 11 is 1.58. The van der Waals surface area contributed by atoms with Crippen LogP contribution in [0.25, 0.3) is 4.96 Å². The zero-order valence-electron chi connectivity index (χ0n) is 14.4. The number of thiazole rings is 1. The zero-order chi connectivity index (χ0) is 17.8. The molecule has 0 saturated heterocycles. The monoisotopic (exact) mass is 356 g/mol. The second kappa shape index (κ2) is 7.48. The fraction of sp³-hybridized carbons (Fsp3) is 0.278. The van der Waals surface area contributed by atoms with E-state index in [2.05, 4.69) is 22.4 Å². The Labute approximate surface area is 150 Å². The number of nitrogens with zero attached hydrogens (tertiary/aromatic N) is 3. The van der Waals surface area contributed by atoms with Crippen LogP contribution in [0.1, 0.15) is 29.6 Å². The number of aryl methyl sites for hydroxylation is 3. The fourth-order valence-electron chi connectivity index (χ4n) is 2.45. The lowest BCUT2D eigenvalue weighted by molar-refractivity contribution is -0.123. The van der Waals surface area contributed by atoms with E-state index >= 15 is 0 Å². The van der Waals surface area contributed by atoms with E-state index < -0.39 is 0 Å². The molecule has 6 nitrogen and oxygen atoms in total. The van der Waals surface area contributed by atoms with Gasteiger partial charge < -0.3 is 4.74 Å². The quantitative estimate of drug-likeness (QED) is 0.545. The number of aromatic nitrogens is 2. The summed E-state index contributed by atoms with van der Waals surface area (Å²) in [6.07, 6.45) is 2.59. The normalized spacial score (nSPS) is 11.3. The number of ether oxygens (including phenoxy) is 1. The second-order valence-corrected chi connectivity index (χ2v) is 6.49. The van der Waals surface area contributed by atoms with E-state index in [1.54, 1.807) is 17.6 Å². The minimum Gasteiger partial charge on any atom is -0.484 e. The molecule has 0 bridgehead atoms. The van der Waals surface area contributed by atoms with Crippen LogP contribution in [0, 0.1) is 13.8 Å². The zero-order valence-corrected chi connectivity index (χ0v) is 15.3. The van der Waals surface area contributed by atoms with Crippen molar-refractivity contribution >= 4 is 28.4 Å². The standard InChI is InChI=1S/C18H20N4O2S/c1-4-14-5-7-15(8-6-14)24-10-17(23)21-19-9-16-13(3)20-18-22(16)12(2)11-25-18/h5-9,11H,4,10H2,1-3H3,(H,21,23)/b19-9+. The first-order valence-corrected chi connectivity index (χ1v) is 8.93. The number of amides is 1. The van der Waals surface area contributed by atoms with E-state index in [4.69, 9.17) is 4.74 Å². The van der Waals surface area contributed by atoms with Gasteiger partial charge in [0.25, 0.3) is 5.91 Å². The highest BCUT2D eigenvalue weighted by atomic mass is 32.1. The average Bonchev–Trinajstić information content (AvgIpc) is 3.13. The molecule has 3 rings (SSSR count). The van der Waals surface area contributed by atoms with Crippen LogP contribution < -0.4 is 10.2 Å². The molecule has 25 heavy (non-hydrogen) atoms. The van der Waals surface area contributed by atoms with E-state index in [9.17, 15) is 4.79 Å². The Bertz CT molecular complexity index is 909. The van der Waals surface area contributed by atoms with Gasteiger partial charge in [-0.25, -0.2) is 10.4 Å². The van der Waals surface area contributed by atoms with Gasteiger partial charge in [0.1, 0.15) is 5.75 Å². The Morgan fingerprint density at radius 2 is 2.12 bits per heavy atom. The predicted octanol–water partition coefficient (Wildman–Crippen LogP) is 3.10. The highest BCUT2D eigenvalue weighted by Crippen LogP contribution is 2.19. The minimum atomic E-state index is -0.309. The van der Waals surface area contributed by atoms with Crippen molar-refractivity contribution < 1.29 is 9.53 Å². The molecular formula is C18H20N4O2S. The molecule has 1 N–H and O–H groups in total. The SMILES string of the molecule is CCc1ccc(OCC(=O)N/N=C/c2c(C)nc3scc(C)n23)cc1. The largest absolute Gasteiger partial charge is 0.484 e. The van der Waals surface area contributed by atoms with Crippen LogP contribution in [-0.4, -0.2) is 28.1 Å². The minimum absolute atomic E-state index is 0.0823.